The Bertz CT molecular complexity index is 414. The normalized spacial score (nSPS) is 9.81. The predicted octanol–water partition coefficient (Wildman–Crippen LogP) is 1.23. The number of benzene rings is 1. The van der Waals surface area contributed by atoms with Gasteiger partial charge in [-0.15, -0.1) is 0 Å². The molecule has 0 saturated carbocycles. The summed E-state index contributed by atoms with van der Waals surface area (Å²) < 4.78 is 0. The molecule has 1 aromatic carbocycles. The van der Waals surface area contributed by atoms with Crippen molar-refractivity contribution in [2.24, 2.45) is 0 Å². The topological polar surface area (TPSA) is 86.6 Å². The zero-order valence-corrected chi connectivity index (χ0v) is 8.86. The van der Waals surface area contributed by atoms with Gasteiger partial charge in [-0.05, 0) is 18.6 Å². The zero-order valence-electron chi connectivity index (χ0n) is 8.86. The molecule has 0 aliphatic heterocycles. The third-order valence-electron chi connectivity index (χ3n) is 2.05. The number of aromatic hydroxyl groups is 1. The summed E-state index contributed by atoms with van der Waals surface area (Å²) in [6, 6.07) is 4.05. The van der Waals surface area contributed by atoms with E-state index >= 15 is 0 Å². The number of rotatable bonds is 4. The zero-order chi connectivity index (χ0) is 12.1. The summed E-state index contributed by atoms with van der Waals surface area (Å²) >= 11 is 0. The maximum atomic E-state index is 11.5. The first kappa shape index (κ1) is 12.0. The molecule has 0 unspecified atom stereocenters. The third kappa shape index (κ3) is 2.50. The highest BCUT2D eigenvalue weighted by atomic mass is 16.4. The van der Waals surface area contributed by atoms with Gasteiger partial charge in [0.1, 0.15) is 11.3 Å². The minimum atomic E-state index is -1.26. The lowest BCUT2D eigenvalue weighted by atomic mass is 10.1. The van der Waals surface area contributed by atoms with Crippen molar-refractivity contribution in [2.75, 3.05) is 6.54 Å². The van der Waals surface area contributed by atoms with Gasteiger partial charge in [0, 0.05) is 6.54 Å². The van der Waals surface area contributed by atoms with Crippen LogP contribution in [0.4, 0.5) is 0 Å². The summed E-state index contributed by atoms with van der Waals surface area (Å²) in [6.07, 6.45) is 0.769. The second-order valence-corrected chi connectivity index (χ2v) is 3.26. The van der Waals surface area contributed by atoms with E-state index in [2.05, 4.69) is 5.32 Å². The fourth-order valence-electron chi connectivity index (χ4n) is 1.23. The second kappa shape index (κ2) is 5.16. The summed E-state index contributed by atoms with van der Waals surface area (Å²) in [6.45, 7) is 2.38. The van der Waals surface area contributed by atoms with E-state index in [1.165, 1.54) is 18.2 Å². The number of amides is 1. The molecule has 0 radical (unpaired) electrons. The molecule has 5 heteroatoms. The maximum Gasteiger partial charge on any atom is 0.339 e. The quantitative estimate of drug-likeness (QED) is 0.716. The average Bonchev–Trinajstić information content (AvgIpc) is 2.25. The Morgan fingerprint density at radius 2 is 1.94 bits per heavy atom. The van der Waals surface area contributed by atoms with Crippen molar-refractivity contribution in [1.29, 1.82) is 0 Å². The molecule has 86 valence electrons. The van der Waals surface area contributed by atoms with Crippen LogP contribution in [0.5, 0.6) is 5.75 Å². The van der Waals surface area contributed by atoms with Gasteiger partial charge in [0.2, 0.25) is 0 Å². The fourth-order valence-corrected chi connectivity index (χ4v) is 1.23. The molecular weight excluding hydrogens is 210 g/mol. The summed E-state index contributed by atoms with van der Waals surface area (Å²) in [4.78, 5) is 22.3. The Labute approximate surface area is 92.7 Å². The maximum absolute atomic E-state index is 11.5. The molecule has 5 nitrogen and oxygen atoms in total. The van der Waals surface area contributed by atoms with Gasteiger partial charge in [-0.3, -0.25) is 4.79 Å². The van der Waals surface area contributed by atoms with E-state index in [0.717, 1.165) is 6.42 Å². The molecule has 0 spiro atoms. The van der Waals surface area contributed by atoms with Crippen LogP contribution in [0.15, 0.2) is 18.2 Å². The Morgan fingerprint density at radius 1 is 1.31 bits per heavy atom. The molecular formula is C11H13NO4. The molecule has 1 aromatic rings. The first-order valence-corrected chi connectivity index (χ1v) is 4.91. The number of carboxylic acids is 1. The number of nitrogens with one attached hydrogen (secondary N) is 1. The smallest absolute Gasteiger partial charge is 0.339 e. The van der Waals surface area contributed by atoms with Gasteiger partial charge >= 0.3 is 5.97 Å². The largest absolute Gasteiger partial charge is 0.506 e. The fraction of sp³-hybridized carbons (Fsp3) is 0.273. The van der Waals surface area contributed by atoms with E-state index in [0.29, 0.717) is 6.54 Å². The van der Waals surface area contributed by atoms with Crippen molar-refractivity contribution in [3.8, 4) is 5.75 Å². The second-order valence-electron chi connectivity index (χ2n) is 3.26. The van der Waals surface area contributed by atoms with Crippen LogP contribution in [0.1, 0.15) is 34.1 Å². The molecule has 1 amide bonds. The van der Waals surface area contributed by atoms with Crippen molar-refractivity contribution < 1.29 is 19.8 Å². The van der Waals surface area contributed by atoms with Crippen molar-refractivity contribution in [3.05, 3.63) is 29.3 Å². The van der Waals surface area contributed by atoms with Crippen molar-refractivity contribution in [3.63, 3.8) is 0 Å². The van der Waals surface area contributed by atoms with E-state index in [4.69, 9.17) is 5.11 Å². The minimum Gasteiger partial charge on any atom is -0.506 e. The van der Waals surface area contributed by atoms with Crippen LogP contribution in [-0.2, 0) is 0 Å². The molecule has 3 N–H and O–H groups in total. The molecule has 0 heterocycles. The molecule has 0 aromatic heterocycles. The first-order chi connectivity index (χ1) is 7.57. The molecule has 0 aliphatic rings. The number of aromatic carboxylic acids is 1. The number of para-hydroxylation sites is 1. The van der Waals surface area contributed by atoms with Gasteiger partial charge in [-0.1, -0.05) is 13.0 Å². The van der Waals surface area contributed by atoms with Gasteiger partial charge in [-0.2, -0.15) is 0 Å². The summed E-state index contributed by atoms with van der Waals surface area (Å²) in [5.74, 6) is -2.23. The lowest BCUT2D eigenvalue weighted by molar-refractivity contribution is 0.0693. The van der Waals surface area contributed by atoms with E-state index < -0.39 is 17.6 Å². The Balaban J connectivity index is 3.01. The van der Waals surface area contributed by atoms with Gasteiger partial charge in [0.25, 0.3) is 5.91 Å². The molecule has 0 atom stereocenters. The summed E-state index contributed by atoms with van der Waals surface area (Å²) in [7, 11) is 0. The Hall–Kier alpha value is -2.04. The van der Waals surface area contributed by atoms with E-state index in [1.807, 2.05) is 6.92 Å². The summed E-state index contributed by atoms with van der Waals surface area (Å²) in [5, 5.41) is 20.9. The summed E-state index contributed by atoms with van der Waals surface area (Å²) in [5.41, 5.74) is -0.294. The number of hydrogen-bond donors (Lipinski definition) is 3. The monoisotopic (exact) mass is 223 g/mol. The highest BCUT2D eigenvalue weighted by Gasteiger charge is 2.17. The molecule has 0 aliphatic carbocycles. The van der Waals surface area contributed by atoms with Gasteiger partial charge < -0.3 is 15.5 Å². The van der Waals surface area contributed by atoms with E-state index in [9.17, 15) is 14.7 Å². The van der Waals surface area contributed by atoms with Crippen LogP contribution < -0.4 is 5.32 Å². The number of hydrogen-bond acceptors (Lipinski definition) is 3. The van der Waals surface area contributed by atoms with Crippen LogP contribution >= 0.6 is 0 Å². The van der Waals surface area contributed by atoms with Crippen LogP contribution in [0.3, 0.4) is 0 Å². The lowest BCUT2D eigenvalue weighted by Crippen LogP contribution is -2.24. The SMILES string of the molecule is CCCNC(=O)c1cccc(C(=O)O)c1O. The molecule has 0 saturated heterocycles. The van der Waals surface area contributed by atoms with Gasteiger partial charge in [-0.25, -0.2) is 4.79 Å². The first-order valence-electron chi connectivity index (χ1n) is 4.91. The molecule has 0 fully saturated rings. The van der Waals surface area contributed by atoms with Crippen molar-refractivity contribution in [1.82, 2.24) is 5.32 Å². The molecule has 1 rings (SSSR count). The van der Waals surface area contributed by atoms with Crippen LogP contribution in [0.2, 0.25) is 0 Å². The predicted molar refractivity (Wildman–Crippen MR) is 57.7 cm³/mol. The standard InChI is InChI=1S/C11H13NO4/c1-2-6-12-10(14)7-4-3-5-8(9(7)13)11(15)16/h3-5,13H,2,6H2,1H3,(H,12,14)(H,15,16). The molecule has 16 heavy (non-hydrogen) atoms. The van der Waals surface area contributed by atoms with Gasteiger partial charge in [0.15, 0.2) is 0 Å². The van der Waals surface area contributed by atoms with Crippen molar-refractivity contribution in [2.45, 2.75) is 13.3 Å². The number of carboxylic acid groups (broad SMARTS) is 1. The minimum absolute atomic E-state index is 0.0200. The highest BCUT2D eigenvalue weighted by Crippen LogP contribution is 2.22. The lowest BCUT2D eigenvalue weighted by Gasteiger charge is -2.07. The van der Waals surface area contributed by atoms with Crippen molar-refractivity contribution >= 4 is 11.9 Å². The van der Waals surface area contributed by atoms with Crippen LogP contribution in [-0.4, -0.2) is 28.6 Å². The van der Waals surface area contributed by atoms with Crippen LogP contribution in [0, 0.1) is 0 Å². The Morgan fingerprint density at radius 3 is 2.50 bits per heavy atom. The highest BCUT2D eigenvalue weighted by molar-refractivity contribution is 6.01. The van der Waals surface area contributed by atoms with E-state index in [-0.39, 0.29) is 11.1 Å². The molecule has 0 bridgehead atoms. The third-order valence-corrected chi connectivity index (χ3v) is 2.05. The number of carbonyl (C=O) groups excluding carboxylic acids is 1. The Kier molecular flexibility index (Phi) is 3.88. The number of phenols is 1. The average molecular weight is 223 g/mol. The van der Waals surface area contributed by atoms with Gasteiger partial charge in [0.05, 0.1) is 5.56 Å². The number of carbonyl (C=O) groups is 2. The van der Waals surface area contributed by atoms with Crippen LogP contribution in [0.25, 0.3) is 0 Å². The van der Waals surface area contributed by atoms with E-state index in [1.54, 1.807) is 0 Å².